The molecule has 0 amide bonds. The summed E-state index contributed by atoms with van der Waals surface area (Å²) in [6, 6.07) is 9.79. The standard InChI is InChI=1S/C13H20BNO2/c1-13(2)10-9-12(15(13)14(3)16)17-11-7-5-4-6-8-11/h4-8,12,16H,9-10H2,1-3H3. The van der Waals surface area contributed by atoms with Crippen molar-refractivity contribution in [3.05, 3.63) is 30.3 Å². The normalized spacial score (nSPS) is 23.6. The molecule has 0 aliphatic carbocycles. The summed E-state index contributed by atoms with van der Waals surface area (Å²) < 4.78 is 5.95. The second-order valence-corrected chi connectivity index (χ2v) is 5.28. The first kappa shape index (κ1) is 12.5. The lowest BCUT2D eigenvalue weighted by molar-refractivity contribution is 0.0662. The van der Waals surface area contributed by atoms with Crippen LogP contribution in [-0.2, 0) is 0 Å². The highest BCUT2D eigenvalue weighted by molar-refractivity contribution is 6.45. The van der Waals surface area contributed by atoms with Gasteiger partial charge in [-0.15, -0.1) is 0 Å². The molecule has 1 aromatic carbocycles. The van der Waals surface area contributed by atoms with Crippen LogP contribution >= 0.6 is 0 Å². The summed E-state index contributed by atoms with van der Waals surface area (Å²) in [5.41, 5.74) is -0.00634. The number of para-hydroxylation sites is 1. The quantitative estimate of drug-likeness (QED) is 0.813. The minimum absolute atomic E-state index is 0.00634. The van der Waals surface area contributed by atoms with Gasteiger partial charge in [0.2, 0.25) is 0 Å². The lowest BCUT2D eigenvalue weighted by Crippen LogP contribution is -2.52. The summed E-state index contributed by atoms with van der Waals surface area (Å²) >= 11 is 0. The number of ether oxygens (including phenoxy) is 1. The molecule has 0 bridgehead atoms. The van der Waals surface area contributed by atoms with E-state index in [9.17, 15) is 5.02 Å². The summed E-state index contributed by atoms with van der Waals surface area (Å²) in [6.45, 7) is 6.09. The van der Waals surface area contributed by atoms with Crippen molar-refractivity contribution in [3.8, 4) is 5.75 Å². The monoisotopic (exact) mass is 233 g/mol. The van der Waals surface area contributed by atoms with Crippen LogP contribution in [-0.4, -0.2) is 28.7 Å². The zero-order valence-corrected chi connectivity index (χ0v) is 10.8. The summed E-state index contributed by atoms with van der Waals surface area (Å²) in [5.74, 6) is 0.862. The zero-order valence-electron chi connectivity index (χ0n) is 10.8. The minimum Gasteiger partial charge on any atom is -0.476 e. The van der Waals surface area contributed by atoms with E-state index in [1.54, 1.807) is 6.82 Å². The molecule has 4 heteroatoms. The third-order valence-corrected chi connectivity index (χ3v) is 3.43. The van der Waals surface area contributed by atoms with Crippen molar-refractivity contribution in [2.45, 2.75) is 45.3 Å². The summed E-state index contributed by atoms with van der Waals surface area (Å²) in [5, 5.41) is 9.88. The van der Waals surface area contributed by atoms with Gasteiger partial charge in [0.05, 0.1) is 0 Å². The maximum Gasteiger partial charge on any atom is 0.379 e. The van der Waals surface area contributed by atoms with Gasteiger partial charge in [-0.2, -0.15) is 0 Å². The highest BCUT2D eigenvalue weighted by Crippen LogP contribution is 2.34. The van der Waals surface area contributed by atoms with Crippen molar-refractivity contribution < 1.29 is 9.76 Å². The molecule has 1 atom stereocenters. The van der Waals surface area contributed by atoms with E-state index in [2.05, 4.69) is 13.8 Å². The lowest BCUT2D eigenvalue weighted by Gasteiger charge is -2.36. The fraction of sp³-hybridized carbons (Fsp3) is 0.538. The predicted molar refractivity (Wildman–Crippen MR) is 69.8 cm³/mol. The topological polar surface area (TPSA) is 32.7 Å². The maximum atomic E-state index is 9.88. The van der Waals surface area contributed by atoms with Crippen molar-refractivity contribution in [1.82, 2.24) is 4.81 Å². The Morgan fingerprint density at radius 3 is 2.59 bits per heavy atom. The molecule has 0 spiro atoms. The van der Waals surface area contributed by atoms with Gasteiger partial charge in [0, 0.05) is 5.54 Å². The average Bonchev–Trinajstić information content (AvgIpc) is 2.55. The Hall–Kier alpha value is -0.995. The first-order valence-electron chi connectivity index (χ1n) is 6.19. The van der Waals surface area contributed by atoms with Gasteiger partial charge in [0.25, 0.3) is 0 Å². The highest BCUT2D eigenvalue weighted by atomic mass is 16.5. The van der Waals surface area contributed by atoms with Crippen molar-refractivity contribution >= 4 is 7.05 Å². The Bertz CT molecular complexity index is 367. The molecule has 2 rings (SSSR count). The molecule has 0 saturated carbocycles. The van der Waals surface area contributed by atoms with Crippen molar-refractivity contribution in [2.75, 3.05) is 0 Å². The number of hydrogen-bond acceptors (Lipinski definition) is 3. The third kappa shape index (κ3) is 2.64. The molecule has 1 aromatic rings. The molecule has 1 fully saturated rings. The number of hydrogen-bond donors (Lipinski definition) is 1. The molecule has 0 radical (unpaired) electrons. The van der Waals surface area contributed by atoms with Gasteiger partial charge in [-0.1, -0.05) is 18.2 Å². The Morgan fingerprint density at radius 1 is 1.35 bits per heavy atom. The molecule has 3 nitrogen and oxygen atoms in total. The molecule has 1 N–H and O–H groups in total. The van der Waals surface area contributed by atoms with E-state index in [0.29, 0.717) is 0 Å². The van der Waals surface area contributed by atoms with Gasteiger partial charge in [-0.05, 0) is 45.6 Å². The fourth-order valence-corrected chi connectivity index (χ4v) is 2.65. The smallest absolute Gasteiger partial charge is 0.379 e. The highest BCUT2D eigenvalue weighted by Gasteiger charge is 2.44. The Kier molecular flexibility index (Phi) is 3.45. The van der Waals surface area contributed by atoms with E-state index in [1.165, 1.54) is 0 Å². The Balaban J connectivity index is 2.11. The maximum absolute atomic E-state index is 9.88. The van der Waals surface area contributed by atoms with Crippen LogP contribution in [0.15, 0.2) is 30.3 Å². The van der Waals surface area contributed by atoms with Crippen molar-refractivity contribution in [3.63, 3.8) is 0 Å². The van der Waals surface area contributed by atoms with Gasteiger partial charge in [-0.3, -0.25) is 4.81 Å². The van der Waals surface area contributed by atoms with E-state index in [4.69, 9.17) is 4.74 Å². The van der Waals surface area contributed by atoms with E-state index in [-0.39, 0.29) is 11.8 Å². The van der Waals surface area contributed by atoms with Crippen molar-refractivity contribution in [1.29, 1.82) is 0 Å². The number of benzene rings is 1. The van der Waals surface area contributed by atoms with Crippen LogP contribution in [0.3, 0.4) is 0 Å². The van der Waals surface area contributed by atoms with Gasteiger partial charge >= 0.3 is 7.05 Å². The van der Waals surface area contributed by atoms with Crippen LogP contribution in [0.5, 0.6) is 5.75 Å². The Labute approximate surface area is 104 Å². The summed E-state index contributed by atoms with van der Waals surface area (Å²) in [4.78, 5) is 2.04. The van der Waals surface area contributed by atoms with Gasteiger partial charge in [-0.25, -0.2) is 0 Å². The Morgan fingerprint density at radius 2 is 2.00 bits per heavy atom. The molecule has 1 heterocycles. The molecule has 92 valence electrons. The SMILES string of the molecule is CB(O)N1C(Oc2ccccc2)CCC1(C)C. The van der Waals surface area contributed by atoms with Crippen LogP contribution in [0.1, 0.15) is 26.7 Å². The van der Waals surface area contributed by atoms with Crippen LogP contribution in [0.2, 0.25) is 6.82 Å². The van der Waals surface area contributed by atoms with Gasteiger partial charge in [0.15, 0.2) is 0 Å². The first-order chi connectivity index (χ1) is 8.00. The molecular weight excluding hydrogens is 213 g/mol. The minimum atomic E-state index is -0.485. The van der Waals surface area contributed by atoms with E-state index in [0.717, 1.165) is 18.6 Å². The molecular formula is C13H20BNO2. The van der Waals surface area contributed by atoms with Crippen LogP contribution in [0.25, 0.3) is 0 Å². The molecule has 1 aliphatic heterocycles. The zero-order chi connectivity index (χ0) is 12.5. The number of rotatable bonds is 3. The molecule has 0 aromatic heterocycles. The second-order valence-electron chi connectivity index (χ2n) is 5.28. The summed E-state index contributed by atoms with van der Waals surface area (Å²) in [7, 11) is -0.485. The molecule has 1 aliphatic rings. The third-order valence-electron chi connectivity index (χ3n) is 3.43. The van der Waals surface area contributed by atoms with E-state index in [1.807, 2.05) is 35.1 Å². The fourth-order valence-electron chi connectivity index (χ4n) is 2.65. The molecule has 1 saturated heterocycles. The molecule has 1 unspecified atom stereocenters. The lowest BCUT2D eigenvalue weighted by atomic mass is 9.80. The van der Waals surface area contributed by atoms with Gasteiger partial charge in [0.1, 0.15) is 12.0 Å². The van der Waals surface area contributed by atoms with Gasteiger partial charge < -0.3 is 9.76 Å². The molecule has 17 heavy (non-hydrogen) atoms. The average molecular weight is 233 g/mol. The second kappa shape index (κ2) is 4.71. The predicted octanol–water partition coefficient (Wildman–Crippen LogP) is 2.38. The van der Waals surface area contributed by atoms with E-state index >= 15 is 0 Å². The van der Waals surface area contributed by atoms with Crippen molar-refractivity contribution in [2.24, 2.45) is 0 Å². The van der Waals surface area contributed by atoms with Crippen LogP contribution in [0.4, 0.5) is 0 Å². The van der Waals surface area contributed by atoms with E-state index < -0.39 is 7.05 Å². The number of nitrogens with zero attached hydrogens (tertiary/aromatic N) is 1. The first-order valence-corrected chi connectivity index (χ1v) is 6.19. The summed E-state index contributed by atoms with van der Waals surface area (Å²) in [6.07, 6.45) is 1.95. The van der Waals surface area contributed by atoms with Crippen LogP contribution < -0.4 is 4.74 Å². The largest absolute Gasteiger partial charge is 0.476 e. The van der Waals surface area contributed by atoms with Crippen LogP contribution in [0, 0.1) is 0 Å².